The molecule has 1 aliphatic rings. The van der Waals surface area contributed by atoms with Crippen LogP contribution in [-0.4, -0.2) is 64.4 Å². The fourth-order valence-electron chi connectivity index (χ4n) is 2.68. The quantitative estimate of drug-likeness (QED) is 0.809. The molecule has 1 saturated heterocycles. The smallest absolute Gasteiger partial charge is 0.234 e. The molecule has 2 heterocycles. The van der Waals surface area contributed by atoms with E-state index in [1.807, 2.05) is 4.90 Å². The summed E-state index contributed by atoms with van der Waals surface area (Å²) >= 11 is 1.22. The average Bonchev–Trinajstić information content (AvgIpc) is 2.70. The molecule has 9 heteroatoms. The van der Waals surface area contributed by atoms with E-state index >= 15 is 0 Å². The second-order valence-electron chi connectivity index (χ2n) is 5.94. The Labute approximate surface area is 161 Å². The number of halogens is 1. The van der Waals surface area contributed by atoms with Gasteiger partial charge in [0, 0.05) is 38.6 Å². The van der Waals surface area contributed by atoms with Gasteiger partial charge >= 0.3 is 0 Å². The number of para-hydroxylation sites is 1. The van der Waals surface area contributed by atoms with Crippen LogP contribution < -0.4 is 10.2 Å². The third kappa shape index (κ3) is 5.40. The summed E-state index contributed by atoms with van der Waals surface area (Å²) in [5.74, 6) is 0.164. The number of aromatic nitrogens is 2. The molecule has 1 fully saturated rings. The van der Waals surface area contributed by atoms with Gasteiger partial charge < -0.3 is 15.1 Å². The van der Waals surface area contributed by atoms with Gasteiger partial charge in [0.25, 0.3) is 0 Å². The third-order valence-corrected chi connectivity index (χ3v) is 4.99. The van der Waals surface area contributed by atoms with E-state index in [2.05, 4.69) is 15.3 Å². The molecule has 27 heavy (non-hydrogen) atoms. The van der Waals surface area contributed by atoms with E-state index in [9.17, 15) is 14.0 Å². The number of anilines is 2. The van der Waals surface area contributed by atoms with Crippen LogP contribution in [0.1, 0.15) is 0 Å². The molecule has 0 radical (unpaired) electrons. The van der Waals surface area contributed by atoms with E-state index in [0.717, 1.165) is 0 Å². The Hall–Kier alpha value is -2.68. The maximum absolute atomic E-state index is 13.5. The molecule has 142 valence electrons. The lowest BCUT2D eigenvalue weighted by molar-refractivity contribution is -0.128. The summed E-state index contributed by atoms with van der Waals surface area (Å²) in [6, 6.07) is 7.76. The number of amides is 2. The van der Waals surface area contributed by atoms with E-state index in [1.54, 1.807) is 35.5 Å². The first-order valence-corrected chi connectivity index (χ1v) is 9.71. The Morgan fingerprint density at radius 1 is 1.04 bits per heavy atom. The Bertz CT molecular complexity index is 784. The monoisotopic (exact) mass is 389 g/mol. The predicted molar refractivity (Wildman–Crippen MR) is 103 cm³/mol. The normalized spacial score (nSPS) is 14.1. The van der Waals surface area contributed by atoms with Crippen molar-refractivity contribution >= 4 is 35.2 Å². The highest BCUT2D eigenvalue weighted by Gasteiger charge is 2.22. The second-order valence-corrected chi connectivity index (χ2v) is 6.92. The van der Waals surface area contributed by atoms with Gasteiger partial charge in [0.05, 0.1) is 17.2 Å². The van der Waals surface area contributed by atoms with Gasteiger partial charge in [-0.05, 0) is 18.2 Å². The maximum atomic E-state index is 13.5. The Kier molecular flexibility index (Phi) is 6.59. The fourth-order valence-corrected chi connectivity index (χ4v) is 3.40. The number of carbonyl (C=O) groups excluding carboxylic acids is 2. The van der Waals surface area contributed by atoms with Gasteiger partial charge in [-0.1, -0.05) is 12.1 Å². The SMILES string of the molecule is O=C(CSCC(=O)N1CCN(c2ncccn2)CC1)Nc1ccccc1F. The molecule has 0 atom stereocenters. The Morgan fingerprint density at radius 2 is 1.74 bits per heavy atom. The molecule has 1 aromatic heterocycles. The van der Waals surface area contributed by atoms with Crippen molar-refractivity contribution in [2.45, 2.75) is 0 Å². The first-order chi connectivity index (χ1) is 13.1. The molecule has 7 nitrogen and oxygen atoms in total. The highest BCUT2D eigenvalue weighted by atomic mass is 32.2. The number of carbonyl (C=O) groups is 2. The number of hydrogen-bond donors (Lipinski definition) is 1. The van der Waals surface area contributed by atoms with Crippen molar-refractivity contribution in [2.24, 2.45) is 0 Å². The van der Waals surface area contributed by atoms with Crippen LogP contribution in [0.25, 0.3) is 0 Å². The van der Waals surface area contributed by atoms with E-state index < -0.39 is 5.82 Å². The number of rotatable bonds is 6. The summed E-state index contributed by atoms with van der Waals surface area (Å²) in [5, 5.41) is 2.51. The predicted octanol–water partition coefficient (Wildman–Crippen LogP) is 1.64. The van der Waals surface area contributed by atoms with Crippen LogP contribution in [-0.2, 0) is 9.59 Å². The molecule has 2 aromatic rings. The van der Waals surface area contributed by atoms with E-state index in [4.69, 9.17) is 0 Å². The van der Waals surface area contributed by atoms with Crippen molar-refractivity contribution in [3.05, 3.63) is 48.5 Å². The first kappa shape index (κ1) is 19.1. The van der Waals surface area contributed by atoms with Gasteiger partial charge in [0.15, 0.2) is 0 Å². The minimum atomic E-state index is -0.479. The van der Waals surface area contributed by atoms with Crippen LogP contribution in [0.3, 0.4) is 0 Å². The molecular formula is C18H20FN5O2S. The summed E-state index contributed by atoms with van der Waals surface area (Å²) < 4.78 is 13.5. The van der Waals surface area contributed by atoms with E-state index in [0.29, 0.717) is 32.1 Å². The van der Waals surface area contributed by atoms with Crippen LogP contribution >= 0.6 is 11.8 Å². The topological polar surface area (TPSA) is 78.4 Å². The number of piperazine rings is 1. The average molecular weight is 389 g/mol. The largest absolute Gasteiger partial charge is 0.338 e. The van der Waals surface area contributed by atoms with Crippen molar-refractivity contribution in [2.75, 3.05) is 47.9 Å². The van der Waals surface area contributed by atoms with Crippen LogP contribution in [0.2, 0.25) is 0 Å². The minimum absolute atomic E-state index is 0.00711. The first-order valence-electron chi connectivity index (χ1n) is 8.55. The molecule has 3 rings (SSSR count). The van der Waals surface area contributed by atoms with Gasteiger partial charge in [-0.15, -0.1) is 11.8 Å². The number of nitrogens with one attached hydrogen (secondary N) is 1. The van der Waals surface area contributed by atoms with Crippen LogP contribution in [0, 0.1) is 5.82 Å². The summed E-state index contributed by atoms with van der Waals surface area (Å²) in [6.07, 6.45) is 3.39. The lowest BCUT2D eigenvalue weighted by Gasteiger charge is -2.34. The van der Waals surface area contributed by atoms with Gasteiger partial charge in [-0.25, -0.2) is 14.4 Å². The highest BCUT2D eigenvalue weighted by Crippen LogP contribution is 2.14. The standard InChI is InChI=1S/C18H20FN5O2S/c19-14-4-1-2-5-15(14)22-16(25)12-27-13-17(26)23-8-10-24(11-9-23)18-20-6-3-7-21-18/h1-7H,8-13H2,(H,22,25). The lowest BCUT2D eigenvalue weighted by Crippen LogP contribution is -2.49. The van der Waals surface area contributed by atoms with Crippen LogP contribution in [0.15, 0.2) is 42.7 Å². The molecular weight excluding hydrogens is 369 g/mol. The van der Waals surface area contributed by atoms with Gasteiger partial charge in [-0.2, -0.15) is 0 Å². The molecule has 0 spiro atoms. The zero-order valence-electron chi connectivity index (χ0n) is 14.7. The minimum Gasteiger partial charge on any atom is -0.338 e. The zero-order chi connectivity index (χ0) is 19.1. The molecule has 0 saturated carbocycles. The molecule has 0 bridgehead atoms. The van der Waals surface area contributed by atoms with Crippen molar-refractivity contribution < 1.29 is 14.0 Å². The highest BCUT2D eigenvalue weighted by molar-refractivity contribution is 8.00. The van der Waals surface area contributed by atoms with Crippen molar-refractivity contribution in [1.82, 2.24) is 14.9 Å². The number of nitrogens with zero attached hydrogens (tertiary/aromatic N) is 4. The maximum Gasteiger partial charge on any atom is 0.234 e. The zero-order valence-corrected chi connectivity index (χ0v) is 15.5. The molecule has 0 aliphatic carbocycles. The third-order valence-electron chi connectivity index (χ3n) is 4.07. The van der Waals surface area contributed by atoms with Gasteiger partial charge in [0.1, 0.15) is 5.82 Å². The molecule has 0 unspecified atom stereocenters. The molecule has 2 amide bonds. The Morgan fingerprint density at radius 3 is 2.44 bits per heavy atom. The van der Waals surface area contributed by atoms with Gasteiger partial charge in [0.2, 0.25) is 17.8 Å². The van der Waals surface area contributed by atoms with Crippen molar-refractivity contribution in [3.63, 3.8) is 0 Å². The summed E-state index contributed by atoms with van der Waals surface area (Å²) in [6.45, 7) is 2.54. The summed E-state index contributed by atoms with van der Waals surface area (Å²) in [4.78, 5) is 36.4. The van der Waals surface area contributed by atoms with Crippen molar-refractivity contribution in [1.29, 1.82) is 0 Å². The second kappa shape index (κ2) is 9.31. The molecule has 1 N–H and O–H groups in total. The van der Waals surface area contributed by atoms with E-state index in [1.165, 1.54) is 23.9 Å². The number of hydrogen-bond acceptors (Lipinski definition) is 6. The number of benzene rings is 1. The lowest BCUT2D eigenvalue weighted by atomic mass is 10.3. The van der Waals surface area contributed by atoms with Crippen molar-refractivity contribution in [3.8, 4) is 0 Å². The fraction of sp³-hybridized carbons (Fsp3) is 0.333. The van der Waals surface area contributed by atoms with Crippen LogP contribution in [0.5, 0.6) is 0 Å². The Balaban J connectivity index is 1.37. The van der Waals surface area contributed by atoms with Gasteiger partial charge in [-0.3, -0.25) is 9.59 Å². The van der Waals surface area contributed by atoms with E-state index in [-0.39, 0.29) is 29.0 Å². The molecule has 1 aliphatic heterocycles. The van der Waals surface area contributed by atoms with Crippen LogP contribution in [0.4, 0.5) is 16.0 Å². The summed E-state index contributed by atoms with van der Waals surface area (Å²) in [7, 11) is 0. The molecule has 1 aromatic carbocycles. The number of thioether (sulfide) groups is 1. The summed E-state index contributed by atoms with van der Waals surface area (Å²) in [5.41, 5.74) is 0.147.